The Morgan fingerprint density at radius 1 is 1.08 bits per heavy atom. The van der Waals surface area contributed by atoms with Gasteiger partial charge < -0.3 is 24.8 Å². The molecule has 1 aromatic carbocycles. The minimum Gasteiger partial charge on any atom is -0.378 e. The summed E-state index contributed by atoms with van der Waals surface area (Å²) in [6, 6.07) is 9.23. The fraction of sp³-hybridized carbons (Fsp3) is 0.483. The number of hydrogen-bond donors (Lipinski definition) is 1. The second-order valence-electron chi connectivity index (χ2n) is 10.3. The Hall–Kier alpha value is -3.79. The van der Waals surface area contributed by atoms with Crippen LogP contribution in [0.3, 0.4) is 0 Å². The van der Waals surface area contributed by atoms with E-state index in [-0.39, 0.29) is 42.5 Å². The van der Waals surface area contributed by atoms with E-state index >= 15 is 0 Å². The highest BCUT2D eigenvalue weighted by Crippen LogP contribution is 2.31. The van der Waals surface area contributed by atoms with Gasteiger partial charge in [0, 0.05) is 43.3 Å². The average Bonchev–Trinajstić information content (AvgIpc) is 3.55. The first kappa shape index (κ1) is 26.8. The number of aromatic nitrogens is 1. The number of pyridine rings is 1. The van der Waals surface area contributed by atoms with E-state index in [9.17, 15) is 19.2 Å². The predicted molar refractivity (Wildman–Crippen MR) is 144 cm³/mol. The highest BCUT2D eigenvalue weighted by molar-refractivity contribution is 6.01. The molecule has 3 aliphatic heterocycles. The quantitative estimate of drug-likeness (QED) is 0.547. The summed E-state index contributed by atoms with van der Waals surface area (Å²) in [7, 11) is 0. The maximum atomic E-state index is 13.6. The minimum absolute atomic E-state index is 0.00148. The molecule has 3 amide bonds. The lowest BCUT2D eigenvalue weighted by Crippen LogP contribution is -2.52. The van der Waals surface area contributed by atoms with Crippen molar-refractivity contribution in [2.24, 2.45) is 0 Å². The van der Waals surface area contributed by atoms with Gasteiger partial charge in [0.15, 0.2) is 5.78 Å². The summed E-state index contributed by atoms with van der Waals surface area (Å²) < 4.78 is 5.40. The van der Waals surface area contributed by atoms with Gasteiger partial charge in [0.25, 0.3) is 5.91 Å². The maximum Gasteiger partial charge on any atom is 0.251 e. The number of morpholine rings is 1. The molecule has 0 saturated carbocycles. The van der Waals surface area contributed by atoms with Crippen molar-refractivity contribution in [3.63, 3.8) is 0 Å². The molecular formula is C29H35N5O5. The van der Waals surface area contributed by atoms with Crippen LogP contribution in [0.1, 0.15) is 42.1 Å². The number of carbonyl (C=O) groups excluding carboxylic acids is 4. The zero-order valence-electron chi connectivity index (χ0n) is 22.3. The molecule has 10 heteroatoms. The Balaban J connectivity index is 1.23. The first-order valence-corrected chi connectivity index (χ1v) is 13.7. The standard InChI is InChI=1S/C29H35N5O5/c1-2-4-23(31-28(37)21-6-8-22(9-7-21)32-13-15-39-16-14-32)29(38)33-12-10-24-27(33)25(35)19-34(24)26(36)17-20-5-3-11-30-18-20/h3,5-9,11,18,23-24,27H,2,4,10,12-17,19H2,1H3,(H,31,37). The van der Waals surface area contributed by atoms with Gasteiger partial charge in [-0.1, -0.05) is 19.4 Å². The van der Waals surface area contributed by atoms with Crippen molar-refractivity contribution in [3.8, 4) is 0 Å². The van der Waals surface area contributed by atoms with Crippen LogP contribution in [-0.4, -0.2) is 95.8 Å². The molecule has 3 saturated heterocycles. The number of anilines is 1. The van der Waals surface area contributed by atoms with Crippen molar-refractivity contribution in [3.05, 3.63) is 59.9 Å². The molecule has 1 N–H and O–H groups in total. The van der Waals surface area contributed by atoms with Crippen LogP contribution in [0.2, 0.25) is 0 Å². The monoisotopic (exact) mass is 533 g/mol. The van der Waals surface area contributed by atoms with E-state index in [1.807, 2.05) is 25.1 Å². The van der Waals surface area contributed by atoms with Gasteiger partial charge in [-0.15, -0.1) is 0 Å². The third-order valence-electron chi connectivity index (χ3n) is 7.79. The number of carbonyl (C=O) groups is 4. The fourth-order valence-corrected chi connectivity index (χ4v) is 5.80. The van der Waals surface area contributed by atoms with Crippen LogP contribution in [0.15, 0.2) is 48.8 Å². The SMILES string of the molecule is CCCC(NC(=O)c1ccc(N2CCOCC2)cc1)C(=O)N1CCC2C1C(=O)CN2C(=O)Cc1cccnc1. The maximum absolute atomic E-state index is 13.6. The van der Waals surface area contributed by atoms with E-state index in [0.717, 1.165) is 24.3 Å². The van der Waals surface area contributed by atoms with Gasteiger partial charge in [-0.25, -0.2) is 0 Å². The van der Waals surface area contributed by atoms with Gasteiger partial charge in [0.2, 0.25) is 11.8 Å². The zero-order chi connectivity index (χ0) is 27.4. The van der Waals surface area contributed by atoms with Crippen LogP contribution in [0, 0.1) is 0 Å². The molecule has 206 valence electrons. The molecule has 1 aromatic heterocycles. The van der Waals surface area contributed by atoms with Gasteiger partial charge in [-0.3, -0.25) is 24.2 Å². The number of nitrogens with zero attached hydrogens (tertiary/aromatic N) is 4. The van der Waals surface area contributed by atoms with Gasteiger partial charge >= 0.3 is 0 Å². The smallest absolute Gasteiger partial charge is 0.251 e. The predicted octanol–water partition coefficient (Wildman–Crippen LogP) is 1.44. The first-order valence-electron chi connectivity index (χ1n) is 13.7. The van der Waals surface area contributed by atoms with E-state index < -0.39 is 12.1 Å². The highest BCUT2D eigenvalue weighted by atomic mass is 16.5. The van der Waals surface area contributed by atoms with Gasteiger partial charge in [0.1, 0.15) is 12.1 Å². The molecule has 39 heavy (non-hydrogen) atoms. The Morgan fingerprint density at radius 3 is 2.54 bits per heavy atom. The molecule has 0 bridgehead atoms. The third kappa shape index (κ3) is 5.80. The number of ether oxygens (including phenoxy) is 1. The fourth-order valence-electron chi connectivity index (χ4n) is 5.80. The summed E-state index contributed by atoms with van der Waals surface area (Å²) in [6.45, 7) is 5.31. The summed E-state index contributed by atoms with van der Waals surface area (Å²) in [5.74, 6) is -0.864. The molecule has 5 rings (SSSR count). The molecule has 4 heterocycles. The number of benzene rings is 1. The number of likely N-dealkylation sites (tertiary alicyclic amines) is 2. The molecule has 0 aliphatic carbocycles. The van der Waals surface area contributed by atoms with Crippen molar-refractivity contribution in [1.82, 2.24) is 20.1 Å². The van der Waals surface area contributed by atoms with E-state index in [1.54, 1.807) is 40.4 Å². The van der Waals surface area contributed by atoms with E-state index in [0.29, 0.717) is 44.6 Å². The number of Topliss-reactive ketones (excluding diaryl/α,β-unsaturated/α-hetero) is 1. The molecule has 2 aromatic rings. The lowest BCUT2D eigenvalue weighted by molar-refractivity contribution is -0.138. The minimum atomic E-state index is -0.742. The molecule has 10 nitrogen and oxygen atoms in total. The lowest BCUT2D eigenvalue weighted by Gasteiger charge is -2.29. The van der Waals surface area contributed by atoms with Gasteiger partial charge in [-0.05, 0) is 48.7 Å². The Labute approximate surface area is 228 Å². The molecule has 0 spiro atoms. The Morgan fingerprint density at radius 2 is 1.85 bits per heavy atom. The van der Waals surface area contributed by atoms with Crippen molar-refractivity contribution in [1.29, 1.82) is 0 Å². The third-order valence-corrected chi connectivity index (χ3v) is 7.79. The van der Waals surface area contributed by atoms with E-state index in [4.69, 9.17) is 4.74 Å². The number of amides is 3. The molecule has 3 aliphatic rings. The lowest BCUT2D eigenvalue weighted by atomic mass is 10.1. The summed E-state index contributed by atoms with van der Waals surface area (Å²) >= 11 is 0. The zero-order valence-corrected chi connectivity index (χ0v) is 22.3. The molecule has 3 fully saturated rings. The molecule has 3 unspecified atom stereocenters. The van der Waals surface area contributed by atoms with Crippen molar-refractivity contribution < 1.29 is 23.9 Å². The van der Waals surface area contributed by atoms with Crippen LogP contribution < -0.4 is 10.2 Å². The number of ketones is 1. The molecule has 3 atom stereocenters. The number of nitrogens with one attached hydrogen (secondary N) is 1. The summed E-state index contributed by atoms with van der Waals surface area (Å²) in [6.07, 6.45) is 5.15. The highest BCUT2D eigenvalue weighted by Gasteiger charge is 2.52. The number of rotatable bonds is 8. The van der Waals surface area contributed by atoms with Crippen LogP contribution in [0.5, 0.6) is 0 Å². The normalized spacial score (nSPS) is 21.6. The van der Waals surface area contributed by atoms with Crippen molar-refractivity contribution in [2.45, 2.75) is 50.7 Å². The number of fused-ring (bicyclic) bond motifs is 1. The number of hydrogen-bond acceptors (Lipinski definition) is 7. The Bertz CT molecular complexity index is 1200. The van der Waals surface area contributed by atoms with Crippen LogP contribution in [-0.2, 0) is 25.5 Å². The summed E-state index contributed by atoms with van der Waals surface area (Å²) in [4.78, 5) is 62.2. The Kier molecular flexibility index (Phi) is 8.21. The van der Waals surface area contributed by atoms with Crippen LogP contribution in [0.25, 0.3) is 0 Å². The van der Waals surface area contributed by atoms with E-state index in [2.05, 4.69) is 15.2 Å². The van der Waals surface area contributed by atoms with Gasteiger partial charge in [-0.2, -0.15) is 0 Å². The largest absolute Gasteiger partial charge is 0.378 e. The van der Waals surface area contributed by atoms with E-state index in [1.165, 1.54) is 0 Å². The second kappa shape index (κ2) is 11.9. The van der Waals surface area contributed by atoms with Crippen molar-refractivity contribution in [2.75, 3.05) is 44.3 Å². The van der Waals surface area contributed by atoms with Gasteiger partial charge in [0.05, 0.1) is 32.2 Å². The molecule has 0 radical (unpaired) electrons. The van der Waals surface area contributed by atoms with Crippen LogP contribution >= 0.6 is 0 Å². The first-order chi connectivity index (χ1) is 19.0. The van der Waals surface area contributed by atoms with Crippen LogP contribution in [0.4, 0.5) is 5.69 Å². The topological polar surface area (TPSA) is 112 Å². The van der Waals surface area contributed by atoms with Crippen molar-refractivity contribution >= 4 is 29.2 Å². The average molecular weight is 534 g/mol. The summed E-state index contributed by atoms with van der Waals surface area (Å²) in [5.41, 5.74) is 2.29. The second-order valence-corrected chi connectivity index (χ2v) is 10.3. The summed E-state index contributed by atoms with van der Waals surface area (Å²) in [5, 5.41) is 2.91. The molecular weight excluding hydrogens is 498 g/mol.